The van der Waals surface area contributed by atoms with Gasteiger partial charge in [0.2, 0.25) is 0 Å². The van der Waals surface area contributed by atoms with Crippen LogP contribution in [-0.4, -0.2) is 16.6 Å². The molecular formula is C14H15N3OS. The lowest BCUT2D eigenvalue weighted by Crippen LogP contribution is -2.12. The molecule has 0 aliphatic carbocycles. The van der Waals surface area contributed by atoms with Crippen LogP contribution in [0.5, 0.6) is 5.75 Å². The first-order valence-corrected chi connectivity index (χ1v) is 6.36. The Kier molecular flexibility index (Phi) is 4.30. The fourth-order valence-corrected chi connectivity index (χ4v) is 1.81. The number of hydrogen-bond donors (Lipinski definition) is 2. The third-order valence-corrected chi connectivity index (χ3v) is 2.72. The fourth-order valence-electron chi connectivity index (χ4n) is 1.64. The van der Waals surface area contributed by atoms with Crippen molar-refractivity contribution in [1.29, 1.82) is 0 Å². The third-order valence-electron chi connectivity index (χ3n) is 2.50. The molecule has 19 heavy (non-hydrogen) atoms. The van der Waals surface area contributed by atoms with Crippen LogP contribution in [0.4, 0.5) is 11.5 Å². The minimum Gasteiger partial charge on any atom is -0.494 e. The highest BCUT2D eigenvalue weighted by atomic mass is 32.1. The average molecular weight is 273 g/mol. The van der Waals surface area contributed by atoms with Gasteiger partial charge in [0, 0.05) is 11.9 Å². The topological polar surface area (TPSA) is 60.2 Å². The molecule has 0 radical (unpaired) electrons. The molecule has 1 aromatic heterocycles. The van der Waals surface area contributed by atoms with Crippen molar-refractivity contribution in [3.63, 3.8) is 0 Å². The number of hydrogen-bond acceptors (Lipinski definition) is 4. The first-order chi connectivity index (χ1) is 9.20. The standard InChI is InChI=1S/C14H15N3OS/c1-2-18-11-7-5-10(6-8-11)17-14-12(13(15)19)4-3-9-16-14/h3-9H,2H2,1H3,(H2,15,19)(H,16,17). The van der Waals surface area contributed by atoms with Crippen LogP contribution < -0.4 is 15.8 Å². The lowest BCUT2D eigenvalue weighted by atomic mass is 10.2. The Balaban J connectivity index is 2.19. The zero-order chi connectivity index (χ0) is 13.7. The van der Waals surface area contributed by atoms with Gasteiger partial charge in [-0.25, -0.2) is 4.98 Å². The number of benzene rings is 1. The minimum atomic E-state index is 0.321. The van der Waals surface area contributed by atoms with E-state index in [0.29, 0.717) is 17.4 Å². The number of nitrogens with zero attached hydrogens (tertiary/aromatic N) is 1. The van der Waals surface area contributed by atoms with Crippen molar-refractivity contribution in [1.82, 2.24) is 4.98 Å². The Morgan fingerprint density at radius 2 is 2.05 bits per heavy atom. The summed E-state index contributed by atoms with van der Waals surface area (Å²) in [7, 11) is 0. The monoisotopic (exact) mass is 273 g/mol. The van der Waals surface area contributed by atoms with Gasteiger partial charge < -0.3 is 15.8 Å². The quantitative estimate of drug-likeness (QED) is 0.820. The van der Waals surface area contributed by atoms with Gasteiger partial charge in [-0.05, 0) is 43.3 Å². The minimum absolute atomic E-state index is 0.321. The van der Waals surface area contributed by atoms with E-state index in [1.807, 2.05) is 37.3 Å². The number of anilines is 2. The first-order valence-electron chi connectivity index (χ1n) is 5.95. The van der Waals surface area contributed by atoms with Crippen molar-refractivity contribution < 1.29 is 4.74 Å². The second-order valence-corrected chi connectivity index (χ2v) is 4.29. The van der Waals surface area contributed by atoms with Crippen LogP contribution >= 0.6 is 12.2 Å². The Morgan fingerprint density at radius 1 is 1.32 bits per heavy atom. The molecule has 5 heteroatoms. The highest BCUT2D eigenvalue weighted by Crippen LogP contribution is 2.21. The summed E-state index contributed by atoms with van der Waals surface area (Å²) in [5.41, 5.74) is 7.29. The Morgan fingerprint density at radius 3 is 2.68 bits per heavy atom. The van der Waals surface area contributed by atoms with Crippen LogP contribution in [-0.2, 0) is 0 Å². The predicted octanol–water partition coefficient (Wildman–Crippen LogP) is 2.86. The number of aromatic nitrogens is 1. The summed E-state index contributed by atoms with van der Waals surface area (Å²) in [5, 5.41) is 3.19. The number of nitrogens with two attached hydrogens (primary N) is 1. The zero-order valence-electron chi connectivity index (χ0n) is 10.6. The smallest absolute Gasteiger partial charge is 0.140 e. The molecule has 98 valence electrons. The van der Waals surface area contributed by atoms with Gasteiger partial charge in [0.25, 0.3) is 0 Å². The zero-order valence-corrected chi connectivity index (χ0v) is 11.4. The van der Waals surface area contributed by atoms with E-state index in [2.05, 4.69) is 10.3 Å². The number of ether oxygens (including phenoxy) is 1. The molecule has 0 atom stereocenters. The van der Waals surface area contributed by atoms with Crippen molar-refractivity contribution in [2.45, 2.75) is 6.92 Å². The van der Waals surface area contributed by atoms with Crippen molar-refractivity contribution in [3.05, 3.63) is 48.2 Å². The third kappa shape index (κ3) is 3.42. The van der Waals surface area contributed by atoms with Crippen LogP contribution in [0.3, 0.4) is 0 Å². The van der Waals surface area contributed by atoms with Crippen molar-refractivity contribution in [3.8, 4) is 5.75 Å². The largest absolute Gasteiger partial charge is 0.494 e. The Bertz CT molecular complexity index is 569. The lowest BCUT2D eigenvalue weighted by molar-refractivity contribution is 0.340. The van der Waals surface area contributed by atoms with E-state index >= 15 is 0 Å². The van der Waals surface area contributed by atoms with Gasteiger partial charge in [-0.3, -0.25) is 0 Å². The molecule has 0 aliphatic heterocycles. The summed E-state index contributed by atoms with van der Waals surface area (Å²) in [6, 6.07) is 11.3. The summed E-state index contributed by atoms with van der Waals surface area (Å²) in [4.78, 5) is 4.56. The van der Waals surface area contributed by atoms with Gasteiger partial charge in [0.15, 0.2) is 0 Å². The number of nitrogens with one attached hydrogen (secondary N) is 1. The molecule has 0 aliphatic rings. The van der Waals surface area contributed by atoms with Crippen LogP contribution in [0.1, 0.15) is 12.5 Å². The second kappa shape index (κ2) is 6.15. The molecule has 0 amide bonds. The van der Waals surface area contributed by atoms with E-state index in [1.54, 1.807) is 12.3 Å². The van der Waals surface area contributed by atoms with Crippen LogP contribution in [0, 0.1) is 0 Å². The van der Waals surface area contributed by atoms with Gasteiger partial charge in [-0.2, -0.15) is 0 Å². The number of rotatable bonds is 5. The molecule has 0 fully saturated rings. The summed E-state index contributed by atoms with van der Waals surface area (Å²) < 4.78 is 5.39. The molecule has 1 heterocycles. The highest BCUT2D eigenvalue weighted by molar-refractivity contribution is 7.80. The predicted molar refractivity (Wildman–Crippen MR) is 81.0 cm³/mol. The molecular weight excluding hydrogens is 258 g/mol. The van der Waals surface area contributed by atoms with Crippen molar-refractivity contribution >= 4 is 28.7 Å². The van der Waals surface area contributed by atoms with Gasteiger partial charge >= 0.3 is 0 Å². The van der Waals surface area contributed by atoms with E-state index in [-0.39, 0.29) is 0 Å². The molecule has 2 aromatic rings. The van der Waals surface area contributed by atoms with Crippen LogP contribution in [0.2, 0.25) is 0 Å². The molecule has 1 aromatic carbocycles. The summed E-state index contributed by atoms with van der Waals surface area (Å²) >= 11 is 5.00. The number of thiocarbonyl (C=S) groups is 1. The molecule has 0 saturated carbocycles. The Labute approximate surface area is 117 Å². The Hall–Kier alpha value is -2.14. The normalized spacial score (nSPS) is 9.95. The van der Waals surface area contributed by atoms with Gasteiger partial charge in [-0.15, -0.1) is 0 Å². The van der Waals surface area contributed by atoms with Crippen molar-refractivity contribution in [2.75, 3.05) is 11.9 Å². The van der Waals surface area contributed by atoms with Crippen molar-refractivity contribution in [2.24, 2.45) is 5.73 Å². The van der Waals surface area contributed by atoms with Crippen LogP contribution in [0.15, 0.2) is 42.6 Å². The van der Waals surface area contributed by atoms with E-state index in [9.17, 15) is 0 Å². The highest BCUT2D eigenvalue weighted by Gasteiger charge is 2.06. The van der Waals surface area contributed by atoms with E-state index in [1.165, 1.54) is 0 Å². The maximum Gasteiger partial charge on any atom is 0.140 e. The molecule has 2 rings (SSSR count). The molecule has 0 spiro atoms. The maximum atomic E-state index is 5.66. The van der Waals surface area contributed by atoms with E-state index < -0.39 is 0 Å². The first kappa shape index (κ1) is 13.3. The SMILES string of the molecule is CCOc1ccc(Nc2ncccc2C(N)=S)cc1. The van der Waals surface area contributed by atoms with E-state index in [4.69, 9.17) is 22.7 Å². The molecule has 0 bridgehead atoms. The lowest BCUT2D eigenvalue weighted by Gasteiger charge is -2.10. The van der Waals surface area contributed by atoms with Crippen LogP contribution in [0.25, 0.3) is 0 Å². The van der Waals surface area contributed by atoms with E-state index in [0.717, 1.165) is 17.0 Å². The molecule has 4 nitrogen and oxygen atoms in total. The average Bonchev–Trinajstić information content (AvgIpc) is 2.42. The molecule has 3 N–H and O–H groups in total. The fraction of sp³-hybridized carbons (Fsp3) is 0.143. The van der Waals surface area contributed by atoms with Gasteiger partial charge in [0.1, 0.15) is 16.6 Å². The maximum absolute atomic E-state index is 5.66. The van der Waals surface area contributed by atoms with Gasteiger partial charge in [0.05, 0.1) is 12.2 Å². The number of pyridine rings is 1. The molecule has 0 unspecified atom stereocenters. The second-order valence-electron chi connectivity index (χ2n) is 3.85. The molecule has 0 saturated heterocycles. The summed E-state index contributed by atoms with van der Waals surface area (Å²) in [5.74, 6) is 1.49. The summed E-state index contributed by atoms with van der Waals surface area (Å²) in [6.45, 7) is 2.60. The van der Waals surface area contributed by atoms with Gasteiger partial charge in [-0.1, -0.05) is 12.2 Å². The summed E-state index contributed by atoms with van der Waals surface area (Å²) in [6.07, 6.45) is 1.69.